The van der Waals surface area contributed by atoms with E-state index in [0.717, 1.165) is 0 Å². The van der Waals surface area contributed by atoms with Gasteiger partial charge in [0.25, 0.3) is 0 Å². The van der Waals surface area contributed by atoms with Crippen molar-refractivity contribution < 1.29 is 22.8 Å². The van der Waals surface area contributed by atoms with E-state index in [1.165, 1.54) is 23.9 Å². The molecule has 0 saturated carbocycles. The van der Waals surface area contributed by atoms with Crippen molar-refractivity contribution in [2.45, 2.75) is 11.7 Å². The highest BCUT2D eigenvalue weighted by Gasteiger charge is 2.60. The van der Waals surface area contributed by atoms with E-state index < -0.39 is 11.7 Å². The van der Waals surface area contributed by atoms with Crippen molar-refractivity contribution in [1.29, 1.82) is 0 Å². The van der Waals surface area contributed by atoms with Gasteiger partial charge in [0.1, 0.15) is 41.3 Å². The lowest BCUT2D eigenvalue weighted by molar-refractivity contribution is 0.0184. The Morgan fingerprint density at radius 2 is 2.12 bits per heavy atom. The van der Waals surface area contributed by atoms with Crippen molar-refractivity contribution in [2.75, 3.05) is 6.79 Å². The average Bonchev–Trinajstić information content (AvgIpc) is 3.69. The Morgan fingerprint density at radius 3 is 2.82 bits per heavy atom. The fourth-order valence-corrected chi connectivity index (χ4v) is 5.31. The number of nitrogens with zero attached hydrogens (tertiary/aromatic N) is 6. The Labute approximate surface area is 193 Å². The second-order valence-corrected chi connectivity index (χ2v) is 8.27. The summed E-state index contributed by atoms with van der Waals surface area (Å²) in [7, 11) is 0. The van der Waals surface area contributed by atoms with Crippen molar-refractivity contribution >= 4 is 33.6 Å². The molecule has 6 heterocycles. The maximum atomic E-state index is 6.41. The van der Waals surface area contributed by atoms with E-state index in [-0.39, 0.29) is 6.79 Å². The zero-order chi connectivity index (χ0) is 22.5. The largest absolute Gasteiger partial charge is 0.465 e. The molecule has 0 aromatic carbocycles. The molecule has 5 aromatic rings. The van der Waals surface area contributed by atoms with Crippen LogP contribution in [0.3, 0.4) is 0 Å². The van der Waals surface area contributed by atoms with Gasteiger partial charge in [-0.3, -0.25) is 0 Å². The number of hydrogen-bond acceptors (Lipinski definition) is 12. The van der Waals surface area contributed by atoms with Gasteiger partial charge in [0, 0.05) is 33.6 Å². The quantitative estimate of drug-likeness (QED) is 0.399. The molecule has 2 aliphatic rings. The predicted octanol–water partition coefficient (Wildman–Crippen LogP) is 3.03. The van der Waals surface area contributed by atoms with Gasteiger partial charge in [-0.05, 0) is 12.1 Å². The topological polar surface area (TPSA) is 151 Å². The van der Waals surface area contributed by atoms with Gasteiger partial charge >= 0.3 is 0 Å². The highest BCUT2D eigenvalue weighted by Crippen LogP contribution is 2.60. The van der Waals surface area contributed by atoms with Gasteiger partial charge in [-0.1, -0.05) is 0 Å². The van der Waals surface area contributed by atoms with Crippen LogP contribution in [0.1, 0.15) is 28.0 Å². The van der Waals surface area contributed by atoms with Crippen molar-refractivity contribution in [3.05, 3.63) is 82.9 Å². The monoisotopic (exact) mass is 475 g/mol. The fourth-order valence-electron chi connectivity index (χ4n) is 4.57. The predicted molar refractivity (Wildman–Crippen MR) is 114 cm³/mol. The van der Waals surface area contributed by atoms with Gasteiger partial charge in [-0.25, -0.2) is 9.97 Å². The molecule has 1 saturated heterocycles. The van der Waals surface area contributed by atoms with Crippen LogP contribution in [-0.4, -0.2) is 48.6 Å². The Balaban J connectivity index is 1.69. The number of oxazole rings is 1. The maximum Gasteiger partial charge on any atom is 0.227 e. The minimum atomic E-state index is -1.24. The molecule has 5 aromatic heterocycles. The number of aromatic nitrogens is 7. The number of allylic oxidation sites excluding steroid dienone is 2. The number of ether oxygens (including phenoxy) is 2. The summed E-state index contributed by atoms with van der Waals surface area (Å²) >= 11 is 1.44. The lowest BCUT2D eigenvalue weighted by Crippen LogP contribution is -2.42. The highest BCUT2D eigenvalue weighted by atomic mass is 32.1. The molecule has 13 heteroatoms. The summed E-state index contributed by atoms with van der Waals surface area (Å²) in [4.78, 5) is 9.08. The summed E-state index contributed by atoms with van der Waals surface area (Å²) in [5.41, 5.74) is 2.19. The summed E-state index contributed by atoms with van der Waals surface area (Å²) in [6.07, 6.45) is 8.70. The minimum Gasteiger partial charge on any atom is -0.465 e. The zero-order valence-electron chi connectivity index (χ0n) is 17.1. The number of H-pyrrole nitrogens is 1. The fraction of sp³-hybridized carbons (Fsp3) is 0.143. The molecule has 0 spiro atoms. The molecule has 7 rings (SSSR count). The summed E-state index contributed by atoms with van der Waals surface area (Å²) in [6.45, 7) is -0.0141. The molecule has 1 fully saturated rings. The van der Waals surface area contributed by atoms with E-state index in [9.17, 15) is 0 Å². The van der Waals surface area contributed by atoms with Gasteiger partial charge in [0.05, 0.1) is 24.2 Å². The van der Waals surface area contributed by atoms with Gasteiger partial charge in [-0.15, -0.1) is 16.4 Å². The third-order valence-electron chi connectivity index (χ3n) is 5.78. The number of thiazole rings is 1. The molecule has 1 aliphatic heterocycles. The summed E-state index contributed by atoms with van der Waals surface area (Å²) < 4.78 is 29.5. The molecule has 2 atom stereocenters. The molecule has 0 radical (unpaired) electrons. The second kappa shape index (κ2) is 7.41. The summed E-state index contributed by atoms with van der Waals surface area (Å²) in [6, 6.07) is 3.62. The molecule has 2 unspecified atom stereocenters. The van der Waals surface area contributed by atoms with Crippen LogP contribution < -0.4 is 0 Å². The first-order valence-corrected chi connectivity index (χ1v) is 11.0. The van der Waals surface area contributed by atoms with Crippen molar-refractivity contribution in [2.24, 2.45) is 0 Å². The molecular formula is C21H13N7O5S. The van der Waals surface area contributed by atoms with Crippen LogP contribution in [-0.2, 0) is 15.1 Å². The molecule has 168 valence electrons. The molecule has 1 N–H and O–H groups in total. The second-order valence-electron chi connectivity index (χ2n) is 7.38. The van der Waals surface area contributed by atoms with E-state index in [4.69, 9.17) is 22.8 Å². The van der Waals surface area contributed by atoms with Crippen LogP contribution in [0.4, 0.5) is 0 Å². The van der Waals surface area contributed by atoms with E-state index in [0.29, 0.717) is 50.3 Å². The minimum absolute atomic E-state index is 0.0141. The number of furan rings is 1. The Bertz CT molecular complexity index is 1470. The molecular weight excluding hydrogens is 462 g/mol. The number of aromatic amines is 1. The van der Waals surface area contributed by atoms with Crippen molar-refractivity contribution in [3.8, 4) is 0 Å². The van der Waals surface area contributed by atoms with Crippen molar-refractivity contribution in [3.63, 3.8) is 0 Å². The third kappa shape index (κ3) is 2.59. The Kier molecular flexibility index (Phi) is 4.20. The first kappa shape index (κ1) is 19.3. The number of hydrogen-bond donors (Lipinski definition) is 1. The van der Waals surface area contributed by atoms with Gasteiger partial charge < -0.3 is 22.8 Å². The van der Waals surface area contributed by atoms with Crippen LogP contribution in [0.25, 0.3) is 22.3 Å². The van der Waals surface area contributed by atoms with E-state index >= 15 is 0 Å². The summed E-state index contributed by atoms with van der Waals surface area (Å²) in [5.74, 6) is 0.868. The van der Waals surface area contributed by atoms with E-state index in [1.54, 1.807) is 30.9 Å². The van der Waals surface area contributed by atoms with Crippen molar-refractivity contribution in [1.82, 2.24) is 35.7 Å². The first-order chi connectivity index (χ1) is 16.9. The lowest BCUT2D eigenvalue weighted by atomic mass is 9.70. The standard InChI is InChI=1S/C21H13N7O5S/c1-2-12(29-5-1)15-14(11-9-33-28-25-11)16(19-22-3-6-30-19)17(20-23-4-7-34-20)21(13-8-24-27-26-13)18(15)31-10-32-21/h1-9,18H,10H2,(H,24,26,27). The van der Waals surface area contributed by atoms with Crippen LogP contribution in [0.15, 0.2) is 68.3 Å². The molecule has 12 nitrogen and oxygen atoms in total. The first-order valence-electron chi connectivity index (χ1n) is 10.1. The van der Waals surface area contributed by atoms with Crippen LogP contribution in [0.5, 0.6) is 0 Å². The van der Waals surface area contributed by atoms with Crippen LogP contribution >= 0.6 is 11.3 Å². The van der Waals surface area contributed by atoms with E-state index in [2.05, 4.69) is 35.7 Å². The van der Waals surface area contributed by atoms with Gasteiger partial charge in [-0.2, -0.15) is 15.4 Å². The van der Waals surface area contributed by atoms with Crippen LogP contribution in [0.2, 0.25) is 0 Å². The molecule has 0 amide bonds. The third-order valence-corrected chi connectivity index (χ3v) is 6.57. The normalized spacial score (nSPS) is 22.5. The molecule has 0 bridgehead atoms. The number of rotatable bonds is 5. The average molecular weight is 475 g/mol. The molecule has 34 heavy (non-hydrogen) atoms. The number of nitrogens with one attached hydrogen (secondary N) is 1. The van der Waals surface area contributed by atoms with Gasteiger partial charge in [0.2, 0.25) is 5.89 Å². The Morgan fingerprint density at radius 1 is 1.12 bits per heavy atom. The van der Waals surface area contributed by atoms with Gasteiger partial charge in [0.15, 0.2) is 11.9 Å². The molecule has 1 aliphatic carbocycles. The lowest BCUT2D eigenvalue weighted by Gasteiger charge is -2.38. The van der Waals surface area contributed by atoms with Crippen LogP contribution in [0, 0.1) is 0 Å². The number of fused-ring (bicyclic) bond motifs is 1. The smallest absolute Gasteiger partial charge is 0.227 e. The maximum absolute atomic E-state index is 6.41. The zero-order valence-corrected chi connectivity index (χ0v) is 17.9. The summed E-state index contributed by atoms with van der Waals surface area (Å²) in [5, 5.41) is 21.6. The Hall–Kier alpha value is -4.20. The highest BCUT2D eigenvalue weighted by molar-refractivity contribution is 7.10. The van der Waals surface area contributed by atoms with E-state index in [1.807, 2.05) is 11.4 Å². The SMILES string of the molecule is c1coc(C2=C(c3conn3)C(c3ncco3)=C(c3nccs3)C3(c4cn[nH]n4)OCOC23)c1.